The number of benzene rings is 1. The molecule has 2 aromatic rings. The van der Waals surface area contributed by atoms with Gasteiger partial charge in [0.25, 0.3) is 5.91 Å². The van der Waals surface area contributed by atoms with E-state index >= 15 is 0 Å². The molecule has 1 saturated heterocycles. The zero-order valence-electron chi connectivity index (χ0n) is 15.6. The van der Waals surface area contributed by atoms with Crippen molar-refractivity contribution < 1.29 is 14.3 Å². The van der Waals surface area contributed by atoms with E-state index in [0.29, 0.717) is 31.0 Å². The SMILES string of the molecule is CC(C)(C1CCN(C(=O)C2(F)CC2)CC1)[C@H](O)c1cc(Cl)cc2[nH]ncc12. The number of aromatic amines is 1. The highest BCUT2D eigenvalue weighted by Crippen LogP contribution is 2.47. The number of alkyl halides is 1. The van der Waals surface area contributed by atoms with E-state index < -0.39 is 17.2 Å². The number of fused-ring (bicyclic) bond motifs is 1. The van der Waals surface area contributed by atoms with Crippen molar-refractivity contribution in [3.63, 3.8) is 0 Å². The molecule has 146 valence electrons. The number of amides is 1. The number of piperidine rings is 1. The predicted molar refractivity (Wildman–Crippen MR) is 102 cm³/mol. The van der Waals surface area contributed by atoms with Crippen molar-refractivity contribution in [3.8, 4) is 0 Å². The Morgan fingerprint density at radius 3 is 2.70 bits per heavy atom. The van der Waals surface area contributed by atoms with Gasteiger partial charge < -0.3 is 10.0 Å². The van der Waals surface area contributed by atoms with Gasteiger partial charge in [0.05, 0.1) is 17.8 Å². The number of aliphatic hydroxyl groups excluding tert-OH is 1. The molecule has 1 aromatic heterocycles. The second-order valence-corrected chi connectivity index (χ2v) is 9.02. The fourth-order valence-corrected chi connectivity index (χ4v) is 4.55. The fourth-order valence-electron chi connectivity index (χ4n) is 4.33. The molecule has 2 heterocycles. The molecule has 27 heavy (non-hydrogen) atoms. The van der Waals surface area contributed by atoms with Gasteiger partial charge in [-0.3, -0.25) is 9.89 Å². The number of hydrogen-bond donors (Lipinski definition) is 2. The van der Waals surface area contributed by atoms with Crippen molar-refractivity contribution in [3.05, 3.63) is 28.9 Å². The number of hydrogen-bond acceptors (Lipinski definition) is 3. The maximum atomic E-state index is 14.1. The number of H-pyrrole nitrogens is 1. The summed E-state index contributed by atoms with van der Waals surface area (Å²) in [4.78, 5) is 13.9. The van der Waals surface area contributed by atoms with Crippen molar-refractivity contribution in [1.29, 1.82) is 0 Å². The third kappa shape index (κ3) is 3.23. The number of likely N-dealkylation sites (tertiary alicyclic amines) is 1. The molecule has 0 bridgehead atoms. The molecule has 2 fully saturated rings. The third-order valence-electron chi connectivity index (χ3n) is 6.46. The molecule has 1 atom stereocenters. The van der Waals surface area contributed by atoms with Gasteiger partial charge in [0.15, 0.2) is 5.67 Å². The van der Waals surface area contributed by atoms with Crippen LogP contribution in [0.15, 0.2) is 18.3 Å². The van der Waals surface area contributed by atoms with E-state index in [0.717, 1.165) is 29.3 Å². The van der Waals surface area contributed by atoms with Crippen LogP contribution in [0.4, 0.5) is 4.39 Å². The summed E-state index contributed by atoms with van der Waals surface area (Å²) in [7, 11) is 0. The number of carbonyl (C=O) groups is 1. The average Bonchev–Trinajstić information content (AvgIpc) is 3.23. The quantitative estimate of drug-likeness (QED) is 0.824. The first-order valence-electron chi connectivity index (χ1n) is 9.51. The van der Waals surface area contributed by atoms with Gasteiger partial charge in [0.2, 0.25) is 0 Å². The highest BCUT2D eigenvalue weighted by Gasteiger charge is 2.53. The van der Waals surface area contributed by atoms with Crippen LogP contribution in [0, 0.1) is 11.3 Å². The van der Waals surface area contributed by atoms with Gasteiger partial charge in [0, 0.05) is 23.5 Å². The lowest BCUT2D eigenvalue weighted by atomic mass is 9.68. The van der Waals surface area contributed by atoms with Gasteiger partial charge in [0.1, 0.15) is 0 Å². The van der Waals surface area contributed by atoms with Gasteiger partial charge in [-0.15, -0.1) is 0 Å². The lowest BCUT2D eigenvalue weighted by Crippen LogP contribution is -2.46. The van der Waals surface area contributed by atoms with Gasteiger partial charge in [-0.2, -0.15) is 5.10 Å². The van der Waals surface area contributed by atoms with Crippen molar-refractivity contribution in [1.82, 2.24) is 15.1 Å². The van der Waals surface area contributed by atoms with Gasteiger partial charge >= 0.3 is 0 Å². The number of rotatable bonds is 4. The Kier molecular flexibility index (Phi) is 4.47. The summed E-state index contributed by atoms with van der Waals surface area (Å²) in [5, 5.41) is 19.6. The predicted octanol–water partition coefficient (Wildman–Crippen LogP) is 4.02. The number of aliphatic hydroxyl groups is 1. The Labute approximate surface area is 162 Å². The monoisotopic (exact) mass is 393 g/mol. The first-order valence-corrected chi connectivity index (χ1v) is 9.89. The van der Waals surface area contributed by atoms with E-state index in [-0.39, 0.29) is 11.8 Å². The van der Waals surface area contributed by atoms with E-state index in [1.165, 1.54) is 0 Å². The number of nitrogens with zero attached hydrogens (tertiary/aromatic N) is 2. The van der Waals surface area contributed by atoms with Crippen LogP contribution in [0.3, 0.4) is 0 Å². The number of aromatic nitrogens is 2. The number of halogens is 2. The molecule has 1 aromatic carbocycles. The van der Waals surface area contributed by atoms with Crippen LogP contribution in [0.2, 0.25) is 5.02 Å². The van der Waals surface area contributed by atoms with Crippen LogP contribution in [-0.4, -0.2) is 44.9 Å². The first kappa shape index (κ1) is 18.7. The molecule has 0 spiro atoms. The summed E-state index contributed by atoms with van der Waals surface area (Å²) in [6.07, 6.45) is 3.19. The molecule has 0 radical (unpaired) electrons. The second-order valence-electron chi connectivity index (χ2n) is 8.58. The fraction of sp³-hybridized carbons (Fsp3) is 0.600. The first-order chi connectivity index (χ1) is 12.7. The van der Waals surface area contributed by atoms with E-state index in [2.05, 4.69) is 10.2 Å². The molecule has 2 aliphatic rings. The summed E-state index contributed by atoms with van der Waals surface area (Å²) in [5.41, 5.74) is -0.465. The molecular weight excluding hydrogens is 369 g/mol. The Hall–Kier alpha value is -1.66. The summed E-state index contributed by atoms with van der Waals surface area (Å²) in [6, 6.07) is 3.59. The van der Waals surface area contributed by atoms with Crippen molar-refractivity contribution in [2.24, 2.45) is 11.3 Å². The van der Waals surface area contributed by atoms with E-state index in [9.17, 15) is 14.3 Å². The lowest BCUT2D eigenvalue weighted by molar-refractivity contribution is -0.140. The minimum atomic E-state index is -1.60. The van der Waals surface area contributed by atoms with E-state index in [1.807, 2.05) is 13.8 Å². The minimum absolute atomic E-state index is 0.215. The van der Waals surface area contributed by atoms with Crippen molar-refractivity contribution in [2.45, 2.75) is 51.3 Å². The van der Waals surface area contributed by atoms with Crippen molar-refractivity contribution in [2.75, 3.05) is 13.1 Å². The van der Waals surface area contributed by atoms with Crippen LogP contribution >= 0.6 is 11.6 Å². The molecule has 4 rings (SSSR count). The lowest BCUT2D eigenvalue weighted by Gasteiger charge is -2.43. The Balaban J connectivity index is 1.51. The highest BCUT2D eigenvalue weighted by molar-refractivity contribution is 6.31. The summed E-state index contributed by atoms with van der Waals surface area (Å²) < 4.78 is 14.1. The molecule has 0 unspecified atom stereocenters. The normalized spacial score (nSPS) is 21.4. The van der Waals surface area contributed by atoms with E-state index in [1.54, 1.807) is 23.2 Å². The summed E-state index contributed by atoms with van der Waals surface area (Å²) in [5.74, 6) is -0.138. The van der Waals surface area contributed by atoms with Gasteiger partial charge in [-0.05, 0) is 54.7 Å². The summed E-state index contributed by atoms with van der Waals surface area (Å²) in [6.45, 7) is 5.18. The maximum Gasteiger partial charge on any atom is 0.260 e. The highest BCUT2D eigenvalue weighted by atomic mass is 35.5. The summed E-state index contributed by atoms with van der Waals surface area (Å²) >= 11 is 6.22. The minimum Gasteiger partial charge on any atom is -0.388 e. The number of carbonyl (C=O) groups excluding carboxylic acids is 1. The molecule has 5 nitrogen and oxygen atoms in total. The maximum absolute atomic E-state index is 14.1. The molecular formula is C20H25ClFN3O2. The third-order valence-corrected chi connectivity index (χ3v) is 6.68. The average molecular weight is 394 g/mol. The zero-order valence-corrected chi connectivity index (χ0v) is 16.4. The van der Waals surface area contributed by atoms with E-state index in [4.69, 9.17) is 11.6 Å². The number of nitrogens with one attached hydrogen (secondary N) is 1. The molecule has 2 N–H and O–H groups in total. The van der Waals surface area contributed by atoms with Crippen LogP contribution in [-0.2, 0) is 4.79 Å². The van der Waals surface area contributed by atoms with Crippen molar-refractivity contribution >= 4 is 28.4 Å². The molecule has 7 heteroatoms. The van der Waals surface area contributed by atoms with Crippen LogP contribution in [0.25, 0.3) is 10.9 Å². The van der Waals surface area contributed by atoms with Crippen LogP contribution in [0.1, 0.15) is 51.2 Å². The van der Waals surface area contributed by atoms with Gasteiger partial charge in [-0.25, -0.2) is 4.39 Å². The Bertz CT molecular complexity index is 869. The Morgan fingerprint density at radius 1 is 1.41 bits per heavy atom. The van der Waals surface area contributed by atoms with Crippen LogP contribution < -0.4 is 0 Å². The molecule has 1 amide bonds. The van der Waals surface area contributed by atoms with Crippen LogP contribution in [0.5, 0.6) is 0 Å². The topological polar surface area (TPSA) is 69.2 Å². The molecule has 1 aliphatic carbocycles. The molecule has 1 saturated carbocycles. The standard InChI is InChI=1S/C20H25ClFN3O2/c1-19(2,12-3-7-25(8-4-12)18(27)20(22)5-6-20)17(26)14-9-13(21)10-16-15(14)11-23-24-16/h9-12,17,26H,3-8H2,1-2H3,(H,23,24)/t17-/m1/s1. The van der Waals surface area contributed by atoms with Gasteiger partial charge in [-0.1, -0.05) is 25.4 Å². The Morgan fingerprint density at radius 2 is 2.07 bits per heavy atom. The largest absolute Gasteiger partial charge is 0.388 e. The zero-order chi connectivity index (χ0) is 19.4. The second kappa shape index (κ2) is 6.45. The molecule has 1 aliphatic heterocycles. The smallest absolute Gasteiger partial charge is 0.260 e.